The van der Waals surface area contributed by atoms with Gasteiger partial charge in [0, 0.05) is 24.6 Å². The Labute approximate surface area is 193 Å². The zero-order valence-electron chi connectivity index (χ0n) is 18.6. The fraction of sp³-hybridized carbons (Fsp3) is 0.259. The van der Waals surface area contributed by atoms with Crippen LogP contribution >= 0.6 is 0 Å². The summed E-state index contributed by atoms with van der Waals surface area (Å²) < 4.78 is 7.84. The van der Waals surface area contributed by atoms with Crippen LogP contribution < -0.4 is 9.64 Å². The molecule has 1 amide bonds. The summed E-state index contributed by atoms with van der Waals surface area (Å²) in [4.78, 5) is 19.5. The molecule has 6 nitrogen and oxygen atoms in total. The van der Waals surface area contributed by atoms with Gasteiger partial charge in [0.2, 0.25) is 5.91 Å². The van der Waals surface area contributed by atoms with Crippen LogP contribution in [0, 0.1) is 6.92 Å². The Morgan fingerprint density at radius 3 is 2.55 bits per heavy atom. The summed E-state index contributed by atoms with van der Waals surface area (Å²) in [5.41, 5.74) is 3.88. The smallest absolute Gasteiger partial charge is 0.227 e. The maximum Gasteiger partial charge on any atom is 0.227 e. The first-order valence-corrected chi connectivity index (χ1v) is 11.3. The molecule has 1 fully saturated rings. The van der Waals surface area contributed by atoms with Crippen molar-refractivity contribution in [2.75, 3.05) is 18.1 Å². The molecule has 168 valence electrons. The van der Waals surface area contributed by atoms with E-state index in [0.717, 1.165) is 33.9 Å². The molecule has 2 heterocycles. The lowest BCUT2D eigenvalue weighted by Crippen LogP contribution is -2.26. The summed E-state index contributed by atoms with van der Waals surface area (Å²) in [7, 11) is 0. The number of aromatic nitrogens is 2. The fourth-order valence-corrected chi connectivity index (χ4v) is 4.43. The largest absolute Gasteiger partial charge is 0.491 e. The molecule has 2 atom stereocenters. The van der Waals surface area contributed by atoms with Gasteiger partial charge in [-0.2, -0.15) is 0 Å². The third kappa shape index (κ3) is 4.47. The zero-order chi connectivity index (χ0) is 22.8. The molecule has 1 saturated heterocycles. The monoisotopic (exact) mass is 441 g/mol. The van der Waals surface area contributed by atoms with Crippen LogP contribution in [0.15, 0.2) is 78.9 Å². The van der Waals surface area contributed by atoms with Crippen molar-refractivity contribution in [2.24, 2.45) is 0 Å². The number of benzene rings is 3. The Kier molecular flexibility index (Phi) is 5.84. The minimum atomic E-state index is -0.718. The first kappa shape index (κ1) is 21.2. The number of hydrogen-bond donors (Lipinski definition) is 1. The molecule has 0 spiro atoms. The number of fused-ring (bicyclic) bond motifs is 1. The van der Waals surface area contributed by atoms with Crippen molar-refractivity contribution in [2.45, 2.75) is 31.9 Å². The summed E-state index contributed by atoms with van der Waals surface area (Å²) in [5, 5.41) is 10.8. The Bertz CT molecular complexity index is 1250. The zero-order valence-corrected chi connectivity index (χ0v) is 18.6. The van der Waals surface area contributed by atoms with Crippen molar-refractivity contribution < 1.29 is 14.6 Å². The van der Waals surface area contributed by atoms with E-state index >= 15 is 0 Å². The van der Waals surface area contributed by atoms with Crippen LogP contribution in [0.4, 0.5) is 5.69 Å². The van der Waals surface area contributed by atoms with Crippen LogP contribution in [-0.4, -0.2) is 39.8 Å². The van der Waals surface area contributed by atoms with Gasteiger partial charge in [0.25, 0.3) is 0 Å². The van der Waals surface area contributed by atoms with Crippen LogP contribution in [0.5, 0.6) is 5.75 Å². The van der Waals surface area contributed by atoms with E-state index in [1.54, 1.807) is 0 Å². The molecule has 6 heteroatoms. The van der Waals surface area contributed by atoms with Crippen LogP contribution in [-0.2, 0) is 11.3 Å². The number of hydrogen-bond acceptors (Lipinski definition) is 4. The molecule has 1 aliphatic rings. The SMILES string of the molecule is Cc1ccc(OC[C@@H](O)Cn2c([C@@H]3CC(=O)N(c4ccccc4)C3)nc3ccccc32)cc1. The normalized spacial score (nSPS) is 17.0. The summed E-state index contributed by atoms with van der Waals surface area (Å²) in [5.74, 6) is 1.61. The molecule has 1 N–H and O–H groups in total. The van der Waals surface area contributed by atoms with Crippen molar-refractivity contribution in [1.29, 1.82) is 0 Å². The number of rotatable bonds is 7. The summed E-state index contributed by atoms with van der Waals surface area (Å²) in [6.45, 7) is 3.12. The lowest BCUT2D eigenvalue weighted by atomic mass is 10.1. The minimum absolute atomic E-state index is 0.0460. The quantitative estimate of drug-likeness (QED) is 0.464. The van der Waals surface area contributed by atoms with Crippen LogP contribution in [0.2, 0.25) is 0 Å². The van der Waals surface area contributed by atoms with Crippen molar-refractivity contribution in [1.82, 2.24) is 9.55 Å². The van der Waals surface area contributed by atoms with E-state index in [4.69, 9.17) is 9.72 Å². The highest BCUT2D eigenvalue weighted by molar-refractivity contribution is 5.96. The molecule has 0 radical (unpaired) electrons. The molecule has 33 heavy (non-hydrogen) atoms. The van der Waals surface area contributed by atoms with Gasteiger partial charge in [-0.25, -0.2) is 4.98 Å². The van der Waals surface area contributed by atoms with Crippen molar-refractivity contribution in [3.05, 3.63) is 90.3 Å². The van der Waals surface area contributed by atoms with E-state index in [2.05, 4.69) is 0 Å². The minimum Gasteiger partial charge on any atom is -0.491 e. The number of carbonyl (C=O) groups is 1. The second-order valence-corrected chi connectivity index (χ2v) is 8.59. The van der Waals surface area contributed by atoms with Crippen LogP contribution in [0.1, 0.15) is 23.7 Å². The highest BCUT2D eigenvalue weighted by atomic mass is 16.5. The number of aryl methyl sites for hydroxylation is 1. The van der Waals surface area contributed by atoms with Crippen LogP contribution in [0.3, 0.4) is 0 Å². The Hall–Kier alpha value is -3.64. The topological polar surface area (TPSA) is 67.6 Å². The Balaban J connectivity index is 1.37. The number of aliphatic hydroxyl groups excluding tert-OH is 1. The number of nitrogens with zero attached hydrogens (tertiary/aromatic N) is 3. The number of ether oxygens (including phenoxy) is 1. The van der Waals surface area contributed by atoms with Crippen molar-refractivity contribution in [3.8, 4) is 5.75 Å². The van der Waals surface area contributed by atoms with Crippen molar-refractivity contribution in [3.63, 3.8) is 0 Å². The first-order valence-electron chi connectivity index (χ1n) is 11.3. The van der Waals surface area contributed by atoms with Gasteiger partial charge < -0.3 is 19.3 Å². The van der Waals surface area contributed by atoms with E-state index in [1.807, 2.05) is 95.3 Å². The molecule has 0 aliphatic carbocycles. The molecule has 0 saturated carbocycles. The van der Waals surface area contributed by atoms with Gasteiger partial charge in [-0.05, 0) is 43.3 Å². The Morgan fingerprint density at radius 1 is 1.03 bits per heavy atom. The van der Waals surface area contributed by atoms with Gasteiger partial charge in [-0.3, -0.25) is 4.79 Å². The first-order chi connectivity index (χ1) is 16.1. The van der Waals surface area contributed by atoms with Gasteiger partial charge in [0.15, 0.2) is 0 Å². The predicted molar refractivity (Wildman–Crippen MR) is 129 cm³/mol. The van der Waals surface area contributed by atoms with Gasteiger partial charge in [-0.15, -0.1) is 0 Å². The maximum atomic E-state index is 12.8. The number of aliphatic hydroxyl groups is 1. The summed E-state index contributed by atoms with van der Waals surface area (Å²) >= 11 is 0. The number of para-hydroxylation sites is 3. The maximum absolute atomic E-state index is 12.8. The van der Waals surface area contributed by atoms with Gasteiger partial charge in [0.05, 0.1) is 17.6 Å². The van der Waals surface area contributed by atoms with E-state index in [0.29, 0.717) is 19.5 Å². The molecule has 4 aromatic rings. The van der Waals surface area contributed by atoms with Gasteiger partial charge in [0.1, 0.15) is 24.3 Å². The fourth-order valence-electron chi connectivity index (χ4n) is 4.43. The van der Waals surface area contributed by atoms with E-state index in [1.165, 1.54) is 0 Å². The highest BCUT2D eigenvalue weighted by Crippen LogP contribution is 2.33. The van der Waals surface area contributed by atoms with Gasteiger partial charge >= 0.3 is 0 Å². The lowest BCUT2D eigenvalue weighted by Gasteiger charge is -2.19. The number of amides is 1. The third-order valence-corrected chi connectivity index (χ3v) is 6.10. The molecule has 0 unspecified atom stereocenters. The molecule has 1 aromatic heterocycles. The van der Waals surface area contributed by atoms with Crippen LogP contribution in [0.25, 0.3) is 11.0 Å². The number of carbonyl (C=O) groups excluding carboxylic acids is 1. The summed E-state index contributed by atoms with van der Waals surface area (Å²) in [6, 6.07) is 25.4. The number of imidazole rings is 1. The molecular formula is C27H27N3O3. The molecule has 0 bridgehead atoms. The molecule has 1 aliphatic heterocycles. The molecule has 5 rings (SSSR count). The molecule has 3 aromatic carbocycles. The standard InChI is InChI=1S/C27H27N3O3/c1-19-11-13-23(14-12-19)33-18-22(31)17-30-25-10-6-5-9-24(25)28-27(30)20-15-26(32)29(16-20)21-7-3-2-4-8-21/h2-14,20,22,31H,15-18H2,1H3/t20-,22+/m1/s1. The summed E-state index contributed by atoms with van der Waals surface area (Å²) in [6.07, 6.45) is -0.321. The number of anilines is 1. The second kappa shape index (κ2) is 9.08. The second-order valence-electron chi connectivity index (χ2n) is 8.59. The Morgan fingerprint density at radius 2 is 1.76 bits per heavy atom. The van der Waals surface area contributed by atoms with E-state index < -0.39 is 6.10 Å². The molecular weight excluding hydrogens is 414 g/mol. The van der Waals surface area contributed by atoms with E-state index in [-0.39, 0.29) is 18.4 Å². The lowest BCUT2D eigenvalue weighted by molar-refractivity contribution is -0.117. The van der Waals surface area contributed by atoms with E-state index in [9.17, 15) is 9.90 Å². The average molecular weight is 442 g/mol. The predicted octanol–water partition coefficient (Wildman–Crippen LogP) is 4.31. The third-order valence-electron chi connectivity index (χ3n) is 6.10. The highest BCUT2D eigenvalue weighted by Gasteiger charge is 2.35. The van der Waals surface area contributed by atoms with Gasteiger partial charge in [-0.1, -0.05) is 48.0 Å². The average Bonchev–Trinajstić information content (AvgIpc) is 3.40. The van der Waals surface area contributed by atoms with Crippen molar-refractivity contribution >= 4 is 22.6 Å².